The summed E-state index contributed by atoms with van der Waals surface area (Å²) in [7, 11) is 0. The first-order valence-corrected chi connectivity index (χ1v) is 11.6. The van der Waals surface area contributed by atoms with E-state index in [1.165, 1.54) is 0 Å². The van der Waals surface area contributed by atoms with Gasteiger partial charge in [-0.15, -0.1) is 11.8 Å². The second-order valence-corrected chi connectivity index (χ2v) is 9.33. The number of nitrogen functional groups attached to an aromatic ring is 1. The minimum Gasteiger partial charge on any atom is -0.398 e. The average Bonchev–Trinajstić information content (AvgIpc) is 2.71. The third-order valence-electron chi connectivity index (χ3n) is 4.37. The molecule has 0 aliphatic heterocycles. The summed E-state index contributed by atoms with van der Waals surface area (Å²) in [5, 5.41) is 4.79. The largest absolute Gasteiger partial charge is 0.398 e. The zero-order valence-corrected chi connectivity index (χ0v) is 19.5. The van der Waals surface area contributed by atoms with E-state index in [1.807, 2.05) is 30.3 Å². The van der Waals surface area contributed by atoms with Crippen LogP contribution in [0.4, 0.5) is 5.69 Å². The van der Waals surface area contributed by atoms with Crippen molar-refractivity contribution in [2.45, 2.75) is 5.25 Å². The number of nitrogens with one attached hydrogen (secondary N) is 1. The molecule has 0 aliphatic rings. The predicted molar refractivity (Wildman–Crippen MR) is 130 cm³/mol. The number of nitrogens with two attached hydrogens (primary N) is 1. The van der Waals surface area contributed by atoms with E-state index in [2.05, 4.69) is 5.32 Å². The van der Waals surface area contributed by atoms with Crippen LogP contribution >= 0.6 is 58.2 Å². The lowest BCUT2D eigenvalue weighted by Crippen LogP contribution is -2.26. The molecule has 30 heavy (non-hydrogen) atoms. The number of halogens is 4. The van der Waals surface area contributed by atoms with Gasteiger partial charge in [0.1, 0.15) is 0 Å². The zero-order chi connectivity index (χ0) is 21.7. The smallest absolute Gasteiger partial charge is 0.252 e. The molecule has 1 amide bonds. The Hall–Kier alpha value is -1.56. The molecular formula is C22H18Cl4N2OS. The molecule has 8 heteroatoms. The van der Waals surface area contributed by atoms with Gasteiger partial charge in [-0.1, -0.05) is 64.6 Å². The molecule has 3 rings (SSSR count). The quantitative estimate of drug-likeness (QED) is 0.268. The Morgan fingerprint density at radius 3 is 2.33 bits per heavy atom. The van der Waals surface area contributed by atoms with E-state index in [0.29, 0.717) is 43.6 Å². The molecule has 3 nitrogen and oxygen atoms in total. The number of amides is 1. The van der Waals surface area contributed by atoms with Crippen LogP contribution in [0.15, 0.2) is 60.7 Å². The highest BCUT2D eigenvalue weighted by Crippen LogP contribution is 2.42. The zero-order valence-electron chi connectivity index (χ0n) is 15.7. The van der Waals surface area contributed by atoms with Gasteiger partial charge < -0.3 is 11.1 Å². The fourth-order valence-corrected chi connectivity index (χ4v) is 5.13. The van der Waals surface area contributed by atoms with E-state index in [1.54, 1.807) is 42.1 Å². The Kier molecular flexibility index (Phi) is 8.20. The van der Waals surface area contributed by atoms with Crippen LogP contribution in [-0.4, -0.2) is 18.2 Å². The minimum absolute atomic E-state index is 0.131. The van der Waals surface area contributed by atoms with Crippen molar-refractivity contribution in [1.82, 2.24) is 5.32 Å². The first kappa shape index (κ1) is 23.1. The molecule has 0 aliphatic carbocycles. The molecule has 3 aromatic rings. The number of benzene rings is 3. The average molecular weight is 500 g/mol. The molecule has 0 heterocycles. The summed E-state index contributed by atoms with van der Waals surface area (Å²) < 4.78 is 0. The lowest BCUT2D eigenvalue weighted by Gasteiger charge is -2.21. The number of rotatable bonds is 7. The monoisotopic (exact) mass is 498 g/mol. The van der Waals surface area contributed by atoms with Crippen LogP contribution in [0.3, 0.4) is 0 Å². The SMILES string of the molecule is Nc1ccc(Cl)cc1C(SCCNC(=O)c1ccc(Cl)cc1Cl)c1ccccc1Cl. The van der Waals surface area contributed by atoms with E-state index in [-0.39, 0.29) is 11.2 Å². The predicted octanol–water partition coefficient (Wildman–Crippen LogP) is 7.14. The fourth-order valence-electron chi connectivity index (χ4n) is 2.92. The summed E-state index contributed by atoms with van der Waals surface area (Å²) in [5.74, 6) is 0.368. The van der Waals surface area contributed by atoms with Crippen LogP contribution in [0.25, 0.3) is 0 Å². The van der Waals surface area contributed by atoms with Gasteiger partial charge in [-0.05, 0) is 53.6 Å². The molecule has 1 unspecified atom stereocenters. The molecule has 3 N–H and O–H groups in total. The Morgan fingerprint density at radius 1 is 0.900 bits per heavy atom. The summed E-state index contributed by atoms with van der Waals surface area (Å²) in [6.45, 7) is 0.434. The summed E-state index contributed by atoms with van der Waals surface area (Å²) in [4.78, 5) is 12.4. The van der Waals surface area contributed by atoms with Crippen LogP contribution in [0, 0.1) is 0 Å². The fraction of sp³-hybridized carbons (Fsp3) is 0.136. The van der Waals surface area contributed by atoms with Crippen LogP contribution in [-0.2, 0) is 0 Å². The highest BCUT2D eigenvalue weighted by atomic mass is 35.5. The molecule has 0 saturated carbocycles. The van der Waals surface area contributed by atoms with Crippen molar-refractivity contribution in [2.24, 2.45) is 0 Å². The molecule has 1 atom stereocenters. The van der Waals surface area contributed by atoms with E-state index in [9.17, 15) is 4.79 Å². The number of carbonyl (C=O) groups excluding carboxylic acids is 1. The van der Waals surface area contributed by atoms with Gasteiger partial charge in [0.15, 0.2) is 0 Å². The number of hydrogen-bond acceptors (Lipinski definition) is 3. The molecule has 0 aromatic heterocycles. The highest BCUT2D eigenvalue weighted by Gasteiger charge is 2.20. The molecular weight excluding hydrogens is 482 g/mol. The van der Waals surface area contributed by atoms with E-state index < -0.39 is 0 Å². The molecule has 0 fully saturated rings. The topological polar surface area (TPSA) is 55.1 Å². The summed E-state index contributed by atoms with van der Waals surface area (Å²) in [6, 6.07) is 17.8. The lowest BCUT2D eigenvalue weighted by molar-refractivity contribution is 0.0956. The standard InChI is InChI=1S/C22H18Cl4N2OS/c23-13-6-8-20(27)17(11-13)21(15-3-1-2-4-18(15)25)30-10-9-28-22(29)16-7-5-14(24)12-19(16)26/h1-8,11-12,21H,9-10,27H2,(H,28,29). The summed E-state index contributed by atoms with van der Waals surface area (Å²) in [6.07, 6.45) is 0. The van der Waals surface area contributed by atoms with E-state index >= 15 is 0 Å². The van der Waals surface area contributed by atoms with Crippen molar-refractivity contribution < 1.29 is 4.79 Å². The summed E-state index contributed by atoms with van der Waals surface area (Å²) >= 11 is 26.3. The van der Waals surface area contributed by atoms with Crippen molar-refractivity contribution in [2.75, 3.05) is 18.0 Å². The van der Waals surface area contributed by atoms with Crippen molar-refractivity contribution in [3.63, 3.8) is 0 Å². The lowest BCUT2D eigenvalue weighted by atomic mass is 10.0. The first-order valence-electron chi connectivity index (χ1n) is 9.01. The van der Waals surface area contributed by atoms with Gasteiger partial charge in [0.2, 0.25) is 0 Å². The minimum atomic E-state index is -0.256. The first-order chi connectivity index (χ1) is 14.4. The van der Waals surface area contributed by atoms with E-state index in [0.717, 1.165) is 11.1 Å². The molecule has 0 saturated heterocycles. The molecule has 156 valence electrons. The second-order valence-electron chi connectivity index (χ2n) is 6.43. The van der Waals surface area contributed by atoms with Crippen molar-refractivity contribution in [3.05, 3.63) is 97.4 Å². The molecule has 0 spiro atoms. The number of thioether (sulfide) groups is 1. The maximum absolute atomic E-state index is 12.4. The van der Waals surface area contributed by atoms with Crippen LogP contribution in [0.1, 0.15) is 26.7 Å². The Labute approximate surface area is 199 Å². The van der Waals surface area contributed by atoms with Crippen molar-refractivity contribution >= 4 is 69.8 Å². The Balaban J connectivity index is 1.72. The number of hydrogen-bond donors (Lipinski definition) is 2. The van der Waals surface area contributed by atoms with Gasteiger partial charge in [0.05, 0.1) is 15.8 Å². The second kappa shape index (κ2) is 10.7. The van der Waals surface area contributed by atoms with Gasteiger partial charge in [0.25, 0.3) is 5.91 Å². The molecule has 3 aromatic carbocycles. The Bertz CT molecular complexity index is 1060. The third-order valence-corrected chi connectivity index (χ3v) is 6.78. The van der Waals surface area contributed by atoms with Crippen LogP contribution in [0.5, 0.6) is 0 Å². The number of carbonyl (C=O) groups is 1. The third kappa shape index (κ3) is 5.77. The van der Waals surface area contributed by atoms with Gasteiger partial charge in [-0.3, -0.25) is 4.79 Å². The molecule has 0 bridgehead atoms. The van der Waals surface area contributed by atoms with Gasteiger partial charge in [0, 0.05) is 33.1 Å². The van der Waals surface area contributed by atoms with Crippen molar-refractivity contribution in [1.29, 1.82) is 0 Å². The summed E-state index contributed by atoms with van der Waals surface area (Å²) in [5.41, 5.74) is 9.06. The van der Waals surface area contributed by atoms with Gasteiger partial charge in [-0.25, -0.2) is 0 Å². The number of anilines is 1. The molecule has 0 radical (unpaired) electrons. The van der Waals surface area contributed by atoms with Crippen LogP contribution in [0.2, 0.25) is 20.1 Å². The maximum atomic E-state index is 12.4. The van der Waals surface area contributed by atoms with Gasteiger partial charge >= 0.3 is 0 Å². The highest BCUT2D eigenvalue weighted by molar-refractivity contribution is 7.99. The Morgan fingerprint density at radius 2 is 1.60 bits per heavy atom. The normalized spacial score (nSPS) is 11.9. The maximum Gasteiger partial charge on any atom is 0.252 e. The van der Waals surface area contributed by atoms with Crippen LogP contribution < -0.4 is 11.1 Å². The van der Waals surface area contributed by atoms with E-state index in [4.69, 9.17) is 52.1 Å². The van der Waals surface area contributed by atoms with Gasteiger partial charge in [-0.2, -0.15) is 0 Å². The van der Waals surface area contributed by atoms with Crippen molar-refractivity contribution in [3.8, 4) is 0 Å².